The van der Waals surface area contributed by atoms with Gasteiger partial charge in [0.05, 0.1) is 25.1 Å². The first-order valence-corrected chi connectivity index (χ1v) is 5.17. The van der Waals surface area contributed by atoms with Gasteiger partial charge >= 0.3 is 0 Å². The molecule has 1 amide bonds. The van der Waals surface area contributed by atoms with E-state index in [1.165, 1.54) is 6.20 Å². The van der Waals surface area contributed by atoms with Gasteiger partial charge in [0, 0.05) is 12.0 Å². The van der Waals surface area contributed by atoms with Crippen molar-refractivity contribution in [2.45, 2.75) is 6.92 Å². The number of ether oxygens (including phenoxy) is 1. The maximum absolute atomic E-state index is 11.7. The standard InChI is InChI=1S/C11H15N3O2/c1-11(6-16-7-11)5-14-10(15)9-3-2-8(12)4-13-9/h2-4H,5-7,12H2,1H3,(H,14,15). The summed E-state index contributed by atoms with van der Waals surface area (Å²) in [5.41, 5.74) is 6.50. The molecule has 0 spiro atoms. The molecule has 0 aliphatic carbocycles. The summed E-state index contributed by atoms with van der Waals surface area (Å²) in [4.78, 5) is 15.6. The molecule has 2 heterocycles. The summed E-state index contributed by atoms with van der Waals surface area (Å²) in [6.07, 6.45) is 1.48. The molecule has 1 aliphatic heterocycles. The SMILES string of the molecule is CC1(CNC(=O)c2ccc(N)cn2)COC1. The Morgan fingerprint density at radius 3 is 2.88 bits per heavy atom. The fraction of sp³-hybridized carbons (Fsp3) is 0.455. The van der Waals surface area contributed by atoms with Gasteiger partial charge in [-0.25, -0.2) is 4.98 Å². The first kappa shape index (κ1) is 10.9. The van der Waals surface area contributed by atoms with Crippen LogP contribution in [0.2, 0.25) is 0 Å². The van der Waals surface area contributed by atoms with Gasteiger partial charge in [0.25, 0.3) is 5.91 Å². The number of rotatable bonds is 3. The average molecular weight is 221 g/mol. The third-order valence-electron chi connectivity index (χ3n) is 2.60. The van der Waals surface area contributed by atoms with Crippen LogP contribution >= 0.6 is 0 Å². The summed E-state index contributed by atoms with van der Waals surface area (Å²) in [5.74, 6) is -0.173. The number of hydrogen-bond donors (Lipinski definition) is 2. The van der Waals surface area contributed by atoms with Crippen molar-refractivity contribution in [2.75, 3.05) is 25.5 Å². The van der Waals surface area contributed by atoms with E-state index in [1.807, 2.05) is 0 Å². The Morgan fingerprint density at radius 2 is 2.38 bits per heavy atom. The van der Waals surface area contributed by atoms with E-state index in [0.717, 1.165) is 0 Å². The maximum atomic E-state index is 11.7. The van der Waals surface area contributed by atoms with Crippen molar-refractivity contribution in [1.29, 1.82) is 0 Å². The molecule has 86 valence electrons. The molecule has 5 nitrogen and oxygen atoms in total. The zero-order valence-corrected chi connectivity index (χ0v) is 9.19. The Morgan fingerprint density at radius 1 is 1.62 bits per heavy atom. The van der Waals surface area contributed by atoms with Crippen LogP contribution in [0, 0.1) is 5.41 Å². The Balaban J connectivity index is 1.90. The molecule has 0 bridgehead atoms. The van der Waals surface area contributed by atoms with Crippen LogP contribution in [0.25, 0.3) is 0 Å². The molecule has 0 saturated carbocycles. The molecule has 1 aromatic heterocycles. The van der Waals surface area contributed by atoms with Gasteiger partial charge in [-0.15, -0.1) is 0 Å². The molecule has 0 radical (unpaired) electrons. The van der Waals surface area contributed by atoms with Crippen molar-refractivity contribution >= 4 is 11.6 Å². The number of nitrogens with zero attached hydrogens (tertiary/aromatic N) is 1. The minimum atomic E-state index is -0.173. The Labute approximate surface area is 94.0 Å². The quantitative estimate of drug-likeness (QED) is 0.776. The highest BCUT2D eigenvalue weighted by Crippen LogP contribution is 2.25. The zero-order valence-electron chi connectivity index (χ0n) is 9.19. The number of amides is 1. The van der Waals surface area contributed by atoms with Crippen LogP contribution in [0.15, 0.2) is 18.3 Å². The lowest BCUT2D eigenvalue weighted by Crippen LogP contribution is -2.48. The Bertz CT molecular complexity index is 385. The predicted molar refractivity (Wildman–Crippen MR) is 59.9 cm³/mol. The topological polar surface area (TPSA) is 77.2 Å². The molecule has 1 fully saturated rings. The number of aromatic nitrogens is 1. The largest absolute Gasteiger partial charge is 0.397 e. The van der Waals surface area contributed by atoms with E-state index < -0.39 is 0 Å². The highest BCUT2D eigenvalue weighted by molar-refractivity contribution is 5.92. The number of anilines is 1. The highest BCUT2D eigenvalue weighted by Gasteiger charge is 2.33. The third-order valence-corrected chi connectivity index (χ3v) is 2.60. The smallest absolute Gasteiger partial charge is 0.269 e. The molecule has 0 aromatic carbocycles. The second-order valence-electron chi connectivity index (χ2n) is 4.46. The van der Waals surface area contributed by atoms with E-state index in [-0.39, 0.29) is 11.3 Å². The summed E-state index contributed by atoms with van der Waals surface area (Å²) in [5, 5.41) is 2.84. The lowest BCUT2D eigenvalue weighted by atomic mass is 9.89. The Hall–Kier alpha value is -1.62. The summed E-state index contributed by atoms with van der Waals surface area (Å²) >= 11 is 0. The maximum Gasteiger partial charge on any atom is 0.269 e. The van der Waals surface area contributed by atoms with Gasteiger partial charge in [0.15, 0.2) is 0 Å². The minimum Gasteiger partial charge on any atom is -0.397 e. The number of nitrogens with one attached hydrogen (secondary N) is 1. The molecule has 3 N–H and O–H groups in total. The summed E-state index contributed by atoms with van der Waals surface area (Å²) in [7, 11) is 0. The van der Waals surface area contributed by atoms with Crippen molar-refractivity contribution in [3.8, 4) is 0 Å². The van der Waals surface area contributed by atoms with Crippen LogP contribution in [0.5, 0.6) is 0 Å². The second-order valence-corrected chi connectivity index (χ2v) is 4.46. The van der Waals surface area contributed by atoms with Gasteiger partial charge in [-0.3, -0.25) is 4.79 Å². The van der Waals surface area contributed by atoms with E-state index in [1.54, 1.807) is 12.1 Å². The van der Waals surface area contributed by atoms with Crippen LogP contribution in [0.1, 0.15) is 17.4 Å². The van der Waals surface area contributed by atoms with E-state index in [4.69, 9.17) is 10.5 Å². The molecule has 2 rings (SSSR count). The molecule has 0 unspecified atom stereocenters. The van der Waals surface area contributed by atoms with E-state index in [0.29, 0.717) is 31.1 Å². The highest BCUT2D eigenvalue weighted by atomic mass is 16.5. The number of nitrogens with two attached hydrogens (primary N) is 1. The van der Waals surface area contributed by atoms with Gasteiger partial charge in [0.2, 0.25) is 0 Å². The summed E-state index contributed by atoms with van der Waals surface area (Å²) in [6, 6.07) is 3.28. The van der Waals surface area contributed by atoms with Gasteiger partial charge < -0.3 is 15.8 Å². The normalized spacial score (nSPS) is 17.6. The van der Waals surface area contributed by atoms with Gasteiger partial charge in [-0.1, -0.05) is 6.92 Å². The molecule has 0 atom stereocenters. The minimum absolute atomic E-state index is 0.0729. The first-order valence-electron chi connectivity index (χ1n) is 5.17. The van der Waals surface area contributed by atoms with Crippen LogP contribution < -0.4 is 11.1 Å². The molecule has 5 heteroatoms. The van der Waals surface area contributed by atoms with Gasteiger partial charge in [0.1, 0.15) is 5.69 Å². The molecule has 1 aromatic rings. The Kier molecular flexibility index (Phi) is 2.78. The third kappa shape index (κ3) is 2.30. The fourth-order valence-corrected chi connectivity index (χ4v) is 1.48. The fourth-order valence-electron chi connectivity index (χ4n) is 1.48. The number of hydrogen-bond acceptors (Lipinski definition) is 4. The summed E-state index contributed by atoms with van der Waals surface area (Å²) < 4.78 is 5.11. The van der Waals surface area contributed by atoms with Crippen LogP contribution in [0.4, 0.5) is 5.69 Å². The van der Waals surface area contributed by atoms with E-state index >= 15 is 0 Å². The van der Waals surface area contributed by atoms with Crippen molar-refractivity contribution in [3.05, 3.63) is 24.0 Å². The van der Waals surface area contributed by atoms with Crippen molar-refractivity contribution in [1.82, 2.24) is 10.3 Å². The van der Waals surface area contributed by atoms with Gasteiger partial charge in [-0.2, -0.15) is 0 Å². The number of nitrogen functional groups attached to an aromatic ring is 1. The molecule has 1 saturated heterocycles. The van der Waals surface area contributed by atoms with Gasteiger partial charge in [-0.05, 0) is 12.1 Å². The number of carbonyl (C=O) groups excluding carboxylic acids is 1. The average Bonchev–Trinajstić information content (AvgIpc) is 2.24. The number of carbonyl (C=O) groups is 1. The molecular weight excluding hydrogens is 206 g/mol. The molecule has 16 heavy (non-hydrogen) atoms. The zero-order chi connectivity index (χ0) is 11.6. The molecule has 1 aliphatic rings. The first-order chi connectivity index (χ1) is 7.59. The van der Waals surface area contributed by atoms with Crippen molar-refractivity contribution < 1.29 is 9.53 Å². The summed E-state index contributed by atoms with van der Waals surface area (Å²) in [6.45, 7) is 4.08. The van der Waals surface area contributed by atoms with Crippen molar-refractivity contribution in [2.24, 2.45) is 5.41 Å². The van der Waals surface area contributed by atoms with Crippen molar-refractivity contribution in [3.63, 3.8) is 0 Å². The van der Waals surface area contributed by atoms with E-state index in [2.05, 4.69) is 17.2 Å². The van der Waals surface area contributed by atoms with Crippen LogP contribution in [-0.2, 0) is 4.74 Å². The second kappa shape index (κ2) is 4.09. The lowest BCUT2D eigenvalue weighted by molar-refractivity contribution is -0.0978. The monoisotopic (exact) mass is 221 g/mol. The van der Waals surface area contributed by atoms with Crippen LogP contribution in [-0.4, -0.2) is 30.6 Å². The van der Waals surface area contributed by atoms with E-state index in [9.17, 15) is 4.79 Å². The van der Waals surface area contributed by atoms with Crippen LogP contribution in [0.3, 0.4) is 0 Å². The number of pyridine rings is 1. The molecular formula is C11H15N3O2. The predicted octanol–water partition coefficient (Wildman–Crippen LogP) is 0.430. The lowest BCUT2D eigenvalue weighted by Gasteiger charge is -2.37.